The highest BCUT2D eigenvalue weighted by molar-refractivity contribution is 9.10. The largest absolute Gasteiger partial charge is 0.439 e. The predicted octanol–water partition coefficient (Wildman–Crippen LogP) is 2.89. The van der Waals surface area contributed by atoms with Crippen LogP contribution in [-0.4, -0.2) is 30.0 Å². The smallest absolute Gasteiger partial charge is 0.319 e. The number of amides is 3. The molecule has 3 N–H and O–H groups in total. The molecule has 0 aliphatic carbocycles. The van der Waals surface area contributed by atoms with Crippen molar-refractivity contribution in [3.63, 3.8) is 0 Å². The maximum absolute atomic E-state index is 11.7. The van der Waals surface area contributed by atoms with Crippen molar-refractivity contribution in [2.24, 2.45) is 0 Å². The molecule has 0 unspecified atom stereocenters. The first-order chi connectivity index (χ1) is 11.6. The van der Waals surface area contributed by atoms with Gasteiger partial charge in [-0.2, -0.15) is 0 Å². The third kappa shape index (κ3) is 5.88. The van der Waals surface area contributed by atoms with Crippen LogP contribution in [0, 0.1) is 0 Å². The van der Waals surface area contributed by atoms with Gasteiger partial charge in [0, 0.05) is 17.1 Å². The molecule has 0 aliphatic heterocycles. The number of nitrogens with one attached hydrogen (secondary N) is 3. The van der Waals surface area contributed by atoms with Gasteiger partial charge in [0.25, 0.3) is 0 Å². The second-order valence-electron chi connectivity index (χ2n) is 4.71. The van der Waals surface area contributed by atoms with Crippen molar-refractivity contribution in [3.8, 4) is 11.6 Å². The summed E-state index contributed by atoms with van der Waals surface area (Å²) < 4.78 is 6.51. The molecule has 1 aromatic heterocycles. The van der Waals surface area contributed by atoms with Crippen molar-refractivity contribution >= 4 is 33.6 Å². The van der Waals surface area contributed by atoms with E-state index in [2.05, 4.69) is 36.9 Å². The van der Waals surface area contributed by atoms with Gasteiger partial charge >= 0.3 is 6.03 Å². The van der Waals surface area contributed by atoms with E-state index in [1.54, 1.807) is 19.1 Å². The zero-order valence-electron chi connectivity index (χ0n) is 13.0. The van der Waals surface area contributed by atoms with Crippen LogP contribution in [0.2, 0.25) is 0 Å². The zero-order valence-corrected chi connectivity index (χ0v) is 14.6. The highest BCUT2D eigenvalue weighted by Crippen LogP contribution is 2.23. The van der Waals surface area contributed by atoms with E-state index in [0.717, 1.165) is 4.47 Å². The summed E-state index contributed by atoms with van der Waals surface area (Å²) >= 11 is 3.37. The fraction of sp³-hybridized carbons (Fsp3) is 0.188. The van der Waals surface area contributed by atoms with Gasteiger partial charge in [-0.3, -0.25) is 4.79 Å². The molecule has 2 aromatic rings. The highest BCUT2D eigenvalue weighted by atomic mass is 79.9. The lowest BCUT2D eigenvalue weighted by Crippen LogP contribution is -2.38. The minimum atomic E-state index is -0.483. The average Bonchev–Trinajstić information content (AvgIpc) is 2.55. The first-order valence-corrected chi connectivity index (χ1v) is 8.07. The number of urea groups is 1. The SMILES string of the molecule is CCNC(=O)CNC(=O)Nc1ccc(Oc2cccc(Br)c2)nc1. The van der Waals surface area contributed by atoms with E-state index in [9.17, 15) is 9.59 Å². The maximum Gasteiger partial charge on any atom is 0.319 e. The van der Waals surface area contributed by atoms with E-state index in [0.29, 0.717) is 23.9 Å². The van der Waals surface area contributed by atoms with Gasteiger partial charge in [0.2, 0.25) is 11.8 Å². The van der Waals surface area contributed by atoms with E-state index >= 15 is 0 Å². The summed E-state index contributed by atoms with van der Waals surface area (Å²) in [6.45, 7) is 2.24. The number of ether oxygens (including phenoxy) is 1. The molecular weight excluding hydrogens is 376 g/mol. The van der Waals surface area contributed by atoms with Crippen LogP contribution in [0.1, 0.15) is 6.92 Å². The van der Waals surface area contributed by atoms with Crippen LogP contribution in [-0.2, 0) is 4.79 Å². The molecule has 0 saturated heterocycles. The number of likely N-dealkylation sites (N-methyl/N-ethyl adjacent to an activating group) is 1. The van der Waals surface area contributed by atoms with Gasteiger partial charge in [-0.05, 0) is 31.2 Å². The minimum absolute atomic E-state index is 0.0861. The summed E-state index contributed by atoms with van der Waals surface area (Å²) in [7, 11) is 0. The summed E-state index contributed by atoms with van der Waals surface area (Å²) in [6.07, 6.45) is 1.47. The van der Waals surface area contributed by atoms with Crippen molar-refractivity contribution < 1.29 is 14.3 Å². The summed E-state index contributed by atoms with van der Waals surface area (Å²) in [4.78, 5) is 27.0. The Labute approximate surface area is 147 Å². The third-order valence-corrected chi connectivity index (χ3v) is 3.29. The molecule has 0 spiro atoms. The van der Waals surface area contributed by atoms with Crippen LogP contribution in [0.25, 0.3) is 0 Å². The zero-order chi connectivity index (χ0) is 17.4. The first-order valence-electron chi connectivity index (χ1n) is 7.28. The maximum atomic E-state index is 11.7. The average molecular weight is 393 g/mol. The van der Waals surface area contributed by atoms with Gasteiger partial charge in [0.05, 0.1) is 18.4 Å². The van der Waals surface area contributed by atoms with Gasteiger partial charge in [0.15, 0.2) is 0 Å². The lowest BCUT2D eigenvalue weighted by Gasteiger charge is -2.08. The number of nitrogens with zero attached hydrogens (tertiary/aromatic N) is 1. The number of carbonyl (C=O) groups excluding carboxylic acids is 2. The summed E-state index contributed by atoms with van der Waals surface area (Å²) in [5.41, 5.74) is 0.491. The summed E-state index contributed by atoms with van der Waals surface area (Å²) in [6, 6.07) is 10.2. The molecule has 24 heavy (non-hydrogen) atoms. The highest BCUT2D eigenvalue weighted by Gasteiger charge is 2.06. The monoisotopic (exact) mass is 392 g/mol. The number of carbonyl (C=O) groups is 2. The number of benzene rings is 1. The van der Waals surface area contributed by atoms with Gasteiger partial charge < -0.3 is 20.7 Å². The number of halogens is 1. The van der Waals surface area contributed by atoms with Crippen molar-refractivity contribution in [1.29, 1.82) is 0 Å². The van der Waals surface area contributed by atoms with Crippen molar-refractivity contribution in [3.05, 3.63) is 47.1 Å². The molecular formula is C16H17BrN4O3. The molecule has 0 saturated carbocycles. The van der Waals surface area contributed by atoms with Gasteiger partial charge in [0.1, 0.15) is 5.75 Å². The van der Waals surface area contributed by atoms with E-state index in [1.807, 2.05) is 24.3 Å². The molecule has 8 heteroatoms. The summed E-state index contributed by atoms with van der Waals surface area (Å²) in [5, 5.41) is 7.62. The number of hydrogen-bond donors (Lipinski definition) is 3. The molecule has 7 nitrogen and oxygen atoms in total. The molecule has 126 valence electrons. The molecule has 0 atom stereocenters. The van der Waals surface area contributed by atoms with Crippen LogP contribution in [0.5, 0.6) is 11.6 Å². The molecule has 2 rings (SSSR count). The van der Waals surface area contributed by atoms with Gasteiger partial charge in [-0.15, -0.1) is 0 Å². The molecule has 1 aromatic carbocycles. The molecule has 3 amide bonds. The second kappa shape index (κ2) is 8.88. The van der Waals surface area contributed by atoms with Crippen LogP contribution in [0.3, 0.4) is 0 Å². The Hall–Kier alpha value is -2.61. The van der Waals surface area contributed by atoms with Crippen molar-refractivity contribution in [1.82, 2.24) is 15.6 Å². The Morgan fingerprint density at radius 1 is 1.21 bits per heavy atom. The van der Waals surface area contributed by atoms with Crippen LogP contribution in [0.4, 0.5) is 10.5 Å². The Morgan fingerprint density at radius 3 is 2.71 bits per heavy atom. The Bertz CT molecular complexity index is 707. The predicted molar refractivity (Wildman–Crippen MR) is 94.2 cm³/mol. The lowest BCUT2D eigenvalue weighted by molar-refractivity contribution is -0.119. The molecule has 1 heterocycles. The van der Waals surface area contributed by atoms with Gasteiger partial charge in [-0.1, -0.05) is 22.0 Å². The molecule has 0 aliphatic rings. The summed E-state index contributed by atoms with van der Waals surface area (Å²) in [5.74, 6) is 0.808. The van der Waals surface area contributed by atoms with E-state index < -0.39 is 6.03 Å². The number of hydrogen-bond acceptors (Lipinski definition) is 4. The number of anilines is 1. The normalized spacial score (nSPS) is 9.92. The Balaban J connectivity index is 1.85. The fourth-order valence-electron chi connectivity index (χ4n) is 1.76. The topological polar surface area (TPSA) is 92.4 Å². The van der Waals surface area contributed by atoms with Crippen molar-refractivity contribution in [2.75, 3.05) is 18.4 Å². The van der Waals surface area contributed by atoms with E-state index in [1.165, 1.54) is 6.20 Å². The Morgan fingerprint density at radius 2 is 2.04 bits per heavy atom. The Kier molecular flexibility index (Phi) is 6.56. The van der Waals surface area contributed by atoms with Crippen molar-refractivity contribution in [2.45, 2.75) is 6.92 Å². The number of aromatic nitrogens is 1. The minimum Gasteiger partial charge on any atom is -0.439 e. The quantitative estimate of drug-likeness (QED) is 0.704. The van der Waals surface area contributed by atoms with E-state index in [4.69, 9.17) is 4.74 Å². The molecule has 0 radical (unpaired) electrons. The molecule has 0 bridgehead atoms. The van der Waals surface area contributed by atoms with E-state index in [-0.39, 0.29) is 12.5 Å². The standard InChI is InChI=1S/C16H17BrN4O3/c1-2-18-14(22)10-20-16(23)21-12-6-7-15(19-9-12)24-13-5-3-4-11(17)8-13/h3-9H,2,10H2,1H3,(H,18,22)(H2,20,21,23). The van der Waals surface area contributed by atoms with Crippen LogP contribution >= 0.6 is 15.9 Å². The lowest BCUT2D eigenvalue weighted by atomic mass is 10.3. The van der Waals surface area contributed by atoms with Crippen LogP contribution < -0.4 is 20.7 Å². The second-order valence-corrected chi connectivity index (χ2v) is 5.62. The van der Waals surface area contributed by atoms with Gasteiger partial charge in [-0.25, -0.2) is 9.78 Å². The first kappa shape index (κ1) is 17.7. The molecule has 0 fully saturated rings. The third-order valence-electron chi connectivity index (χ3n) is 2.80. The fourth-order valence-corrected chi connectivity index (χ4v) is 2.14. The number of rotatable bonds is 6. The van der Waals surface area contributed by atoms with Crippen LogP contribution in [0.15, 0.2) is 47.1 Å². The number of pyridine rings is 1.